The van der Waals surface area contributed by atoms with Gasteiger partial charge >= 0.3 is 0 Å². The number of amides is 2. The van der Waals surface area contributed by atoms with Crippen molar-refractivity contribution >= 4 is 18.0 Å². The van der Waals surface area contributed by atoms with E-state index in [9.17, 15) is 14.0 Å². The number of nitrogens with zero attached hydrogens (tertiary/aromatic N) is 2. The van der Waals surface area contributed by atoms with Crippen molar-refractivity contribution in [3.63, 3.8) is 0 Å². The van der Waals surface area contributed by atoms with Crippen LogP contribution in [0.1, 0.15) is 39.8 Å². The number of carbonyl (C=O) groups is 2. The summed E-state index contributed by atoms with van der Waals surface area (Å²) < 4.78 is 19.0. The first-order valence-electron chi connectivity index (χ1n) is 11.6. The van der Waals surface area contributed by atoms with Gasteiger partial charge in [-0.25, -0.2) is 4.39 Å². The van der Waals surface area contributed by atoms with Crippen molar-refractivity contribution in [3.8, 4) is 11.3 Å². The minimum absolute atomic E-state index is 0.164. The lowest BCUT2D eigenvalue weighted by Crippen LogP contribution is -2.41. The Balaban J connectivity index is 1.23. The third-order valence-electron chi connectivity index (χ3n) is 7.48. The zero-order valence-corrected chi connectivity index (χ0v) is 18.5. The lowest BCUT2D eigenvalue weighted by molar-refractivity contribution is -0.139. The van der Waals surface area contributed by atoms with E-state index in [0.29, 0.717) is 11.5 Å². The van der Waals surface area contributed by atoms with Crippen molar-refractivity contribution in [2.45, 2.75) is 11.8 Å². The van der Waals surface area contributed by atoms with Crippen LogP contribution >= 0.6 is 0 Å². The van der Waals surface area contributed by atoms with E-state index in [0.717, 1.165) is 32.8 Å². The molecule has 3 aromatic carbocycles. The van der Waals surface area contributed by atoms with Gasteiger partial charge in [0.15, 0.2) is 0 Å². The van der Waals surface area contributed by atoms with E-state index >= 15 is 0 Å². The summed E-state index contributed by atoms with van der Waals surface area (Å²) >= 11 is 0. The molecule has 35 heavy (non-hydrogen) atoms. The molecule has 5 nitrogen and oxygen atoms in total. The summed E-state index contributed by atoms with van der Waals surface area (Å²) in [6.45, 7) is 0. The second kappa shape index (κ2) is 7.34. The Labute approximate surface area is 200 Å². The van der Waals surface area contributed by atoms with Crippen LogP contribution in [0.5, 0.6) is 0 Å². The van der Waals surface area contributed by atoms with Crippen molar-refractivity contribution in [2.24, 2.45) is 16.9 Å². The van der Waals surface area contributed by atoms with Crippen molar-refractivity contribution in [2.75, 3.05) is 0 Å². The van der Waals surface area contributed by atoms with Gasteiger partial charge in [-0.2, -0.15) is 10.1 Å². The summed E-state index contributed by atoms with van der Waals surface area (Å²) in [6, 6.07) is 25.7. The summed E-state index contributed by atoms with van der Waals surface area (Å²) in [4.78, 5) is 27.1. The van der Waals surface area contributed by atoms with Crippen LogP contribution < -0.4 is 0 Å². The topological polar surface area (TPSA) is 62.9 Å². The largest absolute Gasteiger partial charge is 0.455 e. The van der Waals surface area contributed by atoms with Crippen molar-refractivity contribution < 1.29 is 18.4 Å². The smallest absolute Gasteiger partial charge is 0.254 e. The molecule has 2 heterocycles. The number of hydrogen-bond donors (Lipinski definition) is 0. The van der Waals surface area contributed by atoms with Crippen LogP contribution in [0.3, 0.4) is 0 Å². The minimum atomic E-state index is -0.471. The molecular weight excluding hydrogens is 443 g/mol. The Hall–Kier alpha value is -4.32. The SMILES string of the molecule is O=C1[C@H]2C3c4ccccc4C(c4ccccc43)[C@@H]2C(=O)N1/N=C\c1ccc(-c2ccc(F)cc2)o1. The molecule has 170 valence electrons. The van der Waals surface area contributed by atoms with Crippen LogP contribution in [0, 0.1) is 17.7 Å². The molecule has 1 aromatic heterocycles. The van der Waals surface area contributed by atoms with Gasteiger partial charge in [-0.3, -0.25) is 9.59 Å². The van der Waals surface area contributed by atoms with Gasteiger partial charge in [-0.15, -0.1) is 0 Å². The third-order valence-corrected chi connectivity index (χ3v) is 7.48. The van der Waals surface area contributed by atoms with Crippen molar-refractivity contribution in [1.29, 1.82) is 0 Å². The second-order valence-electron chi connectivity index (χ2n) is 9.21. The number of carbonyl (C=O) groups excluding carboxylic acids is 2. The maximum absolute atomic E-state index is 13.6. The zero-order valence-electron chi connectivity index (χ0n) is 18.5. The number of rotatable bonds is 3. The Bertz CT molecular complexity index is 1420. The molecule has 1 fully saturated rings. The first-order chi connectivity index (χ1) is 17.1. The number of benzene rings is 3. The summed E-state index contributed by atoms with van der Waals surface area (Å²) in [7, 11) is 0. The Morgan fingerprint density at radius 3 is 1.74 bits per heavy atom. The molecule has 2 amide bonds. The number of imide groups is 1. The average Bonchev–Trinajstić information content (AvgIpc) is 3.46. The molecule has 4 aromatic rings. The molecule has 8 rings (SSSR count). The fraction of sp³-hybridized carbons (Fsp3) is 0.138. The molecule has 3 aliphatic carbocycles. The summed E-state index contributed by atoms with van der Waals surface area (Å²) in [5.74, 6) is -1.21. The highest BCUT2D eigenvalue weighted by molar-refractivity contribution is 6.08. The summed E-state index contributed by atoms with van der Waals surface area (Å²) in [6.07, 6.45) is 1.39. The van der Waals surface area contributed by atoms with Crippen LogP contribution in [-0.4, -0.2) is 23.0 Å². The van der Waals surface area contributed by atoms with Gasteiger partial charge in [0.1, 0.15) is 17.3 Å². The molecule has 6 heteroatoms. The molecule has 2 atom stereocenters. The fourth-order valence-electron chi connectivity index (χ4n) is 6.08. The van der Waals surface area contributed by atoms with Gasteiger partial charge < -0.3 is 4.42 Å². The Morgan fingerprint density at radius 1 is 0.714 bits per heavy atom. The standard InChI is InChI=1S/C29H19FN2O3/c30-17-11-9-16(10-12-17)23-14-13-18(35-23)15-31-32-28(33)26-24-19-5-1-2-6-20(19)25(27(26)29(32)34)22-8-4-3-7-21(22)24/h1-15,24-27H/b31-15-/t24?,25?,26-,27-/m0/s1. The summed E-state index contributed by atoms with van der Waals surface area (Å²) in [5.41, 5.74) is 5.22. The lowest BCUT2D eigenvalue weighted by atomic mass is 9.55. The summed E-state index contributed by atoms with van der Waals surface area (Å²) in [5, 5.41) is 5.30. The molecule has 0 saturated carbocycles. The zero-order chi connectivity index (χ0) is 23.7. The van der Waals surface area contributed by atoms with Crippen molar-refractivity contribution in [3.05, 3.63) is 119 Å². The molecule has 1 aliphatic heterocycles. The van der Waals surface area contributed by atoms with Crippen LogP contribution in [-0.2, 0) is 9.59 Å². The number of furan rings is 1. The van der Waals surface area contributed by atoms with Crippen LogP contribution in [0.4, 0.5) is 4.39 Å². The normalized spacial score (nSPS) is 24.1. The number of halogens is 1. The number of hydrazone groups is 1. The van der Waals surface area contributed by atoms with Gasteiger partial charge in [-0.05, 0) is 58.7 Å². The highest BCUT2D eigenvalue weighted by Gasteiger charge is 2.61. The minimum Gasteiger partial charge on any atom is -0.455 e. The Morgan fingerprint density at radius 2 is 1.23 bits per heavy atom. The second-order valence-corrected chi connectivity index (χ2v) is 9.21. The third kappa shape index (κ3) is 2.83. The Kier molecular flexibility index (Phi) is 4.21. The maximum Gasteiger partial charge on any atom is 0.254 e. The van der Waals surface area contributed by atoms with E-state index < -0.39 is 11.8 Å². The van der Waals surface area contributed by atoms with Crippen LogP contribution in [0.15, 0.2) is 94.4 Å². The highest BCUT2D eigenvalue weighted by Crippen LogP contribution is 2.60. The molecule has 0 radical (unpaired) electrons. The van der Waals surface area contributed by atoms with Gasteiger partial charge in [0.25, 0.3) is 11.8 Å². The first-order valence-corrected chi connectivity index (χ1v) is 11.6. The van der Waals surface area contributed by atoms with E-state index in [4.69, 9.17) is 4.42 Å². The van der Waals surface area contributed by atoms with E-state index in [1.807, 2.05) is 24.3 Å². The fourth-order valence-corrected chi connectivity index (χ4v) is 6.08. The van der Waals surface area contributed by atoms with Gasteiger partial charge in [-0.1, -0.05) is 48.5 Å². The van der Waals surface area contributed by atoms with Crippen LogP contribution in [0.25, 0.3) is 11.3 Å². The van der Waals surface area contributed by atoms with Gasteiger partial charge in [0, 0.05) is 17.4 Å². The molecule has 0 spiro atoms. The average molecular weight is 462 g/mol. The molecular formula is C29H19FN2O3. The number of hydrogen-bond acceptors (Lipinski definition) is 4. The monoisotopic (exact) mass is 462 g/mol. The van der Waals surface area contributed by atoms with Crippen LogP contribution in [0.2, 0.25) is 0 Å². The maximum atomic E-state index is 13.6. The molecule has 1 saturated heterocycles. The van der Waals surface area contributed by atoms with Gasteiger partial charge in [0.05, 0.1) is 18.1 Å². The highest BCUT2D eigenvalue weighted by atomic mass is 19.1. The van der Waals surface area contributed by atoms with E-state index in [-0.39, 0.29) is 29.5 Å². The van der Waals surface area contributed by atoms with E-state index in [1.165, 1.54) is 18.3 Å². The quantitative estimate of drug-likeness (QED) is 0.306. The predicted octanol–water partition coefficient (Wildman–Crippen LogP) is 5.31. The molecule has 2 bridgehead atoms. The molecule has 0 unspecified atom stereocenters. The first kappa shape index (κ1) is 20.1. The van der Waals surface area contributed by atoms with E-state index in [1.54, 1.807) is 24.3 Å². The molecule has 0 N–H and O–H groups in total. The lowest BCUT2D eigenvalue weighted by Gasteiger charge is -2.45. The van der Waals surface area contributed by atoms with Crippen molar-refractivity contribution in [1.82, 2.24) is 5.01 Å². The predicted molar refractivity (Wildman–Crippen MR) is 127 cm³/mol. The van der Waals surface area contributed by atoms with Gasteiger partial charge in [0.2, 0.25) is 0 Å². The molecule has 4 aliphatic rings. The van der Waals surface area contributed by atoms with E-state index in [2.05, 4.69) is 29.4 Å².